The Balaban J connectivity index is 2.80. The van der Waals surface area contributed by atoms with E-state index >= 15 is 0 Å². The lowest BCUT2D eigenvalue weighted by molar-refractivity contribution is -0.119. The molecule has 2 atom stereocenters. The summed E-state index contributed by atoms with van der Waals surface area (Å²) in [4.78, 5) is 11.8. The fourth-order valence-corrected chi connectivity index (χ4v) is 1.92. The van der Waals surface area contributed by atoms with Crippen molar-refractivity contribution in [2.75, 3.05) is 16.3 Å². The SMILES string of the molecule is CC(N)C(C)C(=O)Nc1cccc(NS(C)(=O)=O)c1. The van der Waals surface area contributed by atoms with Crippen LogP contribution in [0, 0.1) is 5.92 Å². The second-order valence-corrected chi connectivity index (χ2v) is 6.34. The number of rotatable bonds is 5. The van der Waals surface area contributed by atoms with Crippen LogP contribution < -0.4 is 15.8 Å². The molecule has 1 aromatic carbocycles. The summed E-state index contributed by atoms with van der Waals surface area (Å²) < 4.78 is 24.6. The Bertz CT molecular complexity index is 555. The van der Waals surface area contributed by atoms with E-state index in [9.17, 15) is 13.2 Å². The van der Waals surface area contributed by atoms with E-state index in [2.05, 4.69) is 10.0 Å². The molecule has 0 aliphatic carbocycles. The van der Waals surface area contributed by atoms with Crippen LogP contribution in [0.2, 0.25) is 0 Å². The first-order valence-electron chi connectivity index (χ1n) is 5.83. The van der Waals surface area contributed by atoms with E-state index in [1.807, 2.05) is 0 Å². The van der Waals surface area contributed by atoms with Gasteiger partial charge in [0, 0.05) is 11.7 Å². The van der Waals surface area contributed by atoms with Crippen molar-refractivity contribution < 1.29 is 13.2 Å². The summed E-state index contributed by atoms with van der Waals surface area (Å²) in [5.74, 6) is -0.530. The van der Waals surface area contributed by atoms with E-state index in [1.165, 1.54) is 0 Å². The fraction of sp³-hybridized carbons (Fsp3) is 0.417. The zero-order valence-corrected chi connectivity index (χ0v) is 12.0. The Morgan fingerprint density at radius 1 is 1.26 bits per heavy atom. The standard InChI is InChI=1S/C12H19N3O3S/c1-8(9(2)13)12(16)14-10-5-4-6-11(7-10)15-19(3,17)18/h4-9,15H,13H2,1-3H3,(H,14,16). The maximum absolute atomic E-state index is 11.8. The molecule has 4 N–H and O–H groups in total. The van der Waals surface area contributed by atoms with Crippen molar-refractivity contribution in [3.63, 3.8) is 0 Å². The minimum absolute atomic E-state index is 0.202. The second kappa shape index (κ2) is 6.03. The van der Waals surface area contributed by atoms with Crippen molar-refractivity contribution in [2.24, 2.45) is 11.7 Å². The molecule has 2 unspecified atom stereocenters. The van der Waals surface area contributed by atoms with Gasteiger partial charge in [-0.3, -0.25) is 9.52 Å². The number of carbonyl (C=O) groups is 1. The molecule has 0 spiro atoms. The van der Waals surface area contributed by atoms with Gasteiger partial charge in [0.15, 0.2) is 0 Å². The van der Waals surface area contributed by atoms with E-state index < -0.39 is 10.0 Å². The maximum Gasteiger partial charge on any atom is 0.229 e. The zero-order valence-electron chi connectivity index (χ0n) is 11.2. The van der Waals surface area contributed by atoms with Gasteiger partial charge >= 0.3 is 0 Å². The highest BCUT2D eigenvalue weighted by Crippen LogP contribution is 2.17. The minimum atomic E-state index is -3.33. The first-order chi connectivity index (χ1) is 8.69. The second-order valence-electron chi connectivity index (χ2n) is 4.59. The first-order valence-corrected chi connectivity index (χ1v) is 7.72. The molecule has 106 valence electrons. The lowest BCUT2D eigenvalue weighted by Crippen LogP contribution is -2.34. The summed E-state index contributed by atoms with van der Waals surface area (Å²) in [6.07, 6.45) is 1.07. The van der Waals surface area contributed by atoms with Crippen LogP contribution in [0.25, 0.3) is 0 Å². The molecular formula is C12H19N3O3S. The van der Waals surface area contributed by atoms with Gasteiger partial charge in [0.25, 0.3) is 0 Å². The predicted octanol–water partition coefficient (Wildman–Crippen LogP) is 0.980. The molecule has 0 aromatic heterocycles. The molecule has 6 nitrogen and oxygen atoms in total. The van der Waals surface area contributed by atoms with Crippen molar-refractivity contribution >= 4 is 27.3 Å². The van der Waals surface area contributed by atoms with Crippen LogP contribution in [0.3, 0.4) is 0 Å². The van der Waals surface area contributed by atoms with Crippen LogP contribution in [0.4, 0.5) is 11.4 Å². The monoisotopic (exact) mass is 285 g/mol. The van der Waals surface area contributed by atoms with Gasteiger partial charge in [-0.1, -0.05) is 13.0 Å². The highest BCUT2D eigenvalue weighted by Gasteiger charge is 2.17. The fourth-order valence-electron chi connectivity index (χ4n) is 1.37. The molecule has 0 fully saturated rings. The van der Waals surface area contributed by atoms with Gasteiger partial charge in [-0.2, -0.15) is 0 Å². The van der Waals surface area contributed by atoms with Crippen molar-refractivity contribution in [3.8, 4) is 0 Å². The van der Waals surface area contributed by atoms with Crippen molar-refractivity contribution in [1.82, 2.24) is 0 Å². The molecule has 7 heteroatoms. The van der Waals surface area contributed by atoms with Gasteiger partial charge in [0.2, 0.25) is 15.9 Å². The quantitative estimate of drug-likeness (QED) is 0.750. The number of amides is 1. The van der Waals surface area contributed by atoms with E-state index in [1.54, 1.807) is 38.1 Å². The van der Waals surface area contributed by atoms with Crippen LogP contribution in [-0.4, -0.2) is 26.6 Å². The third kappa shape index (κ3) is 5.27. The molecule has 0 saturated heterocycles. The Morgan fingerprint density at radius 3 is 2.37 bits per heavy atom. The van der Waals surface area contributed by atoms with E-state index in [0.717, 1.165) is 6.26 Å². The van der Waals surface area contributed by atoms with E-state index in [4.69, 9.17) is 5.73 Å². The Labute approximate surface area is 113 Å². The van der Waals surface area contributed by atoms with Crippen LogP contribution in [0.5, 0.6) is 0 Å². The van der Waals surface area contributed by atoms with Gasteiger partial charge in [-0.05, 0) is 25.1 Å². The smallest absolute Gasteiger partial charge is 0.229 e. The topological polar surface area (TPSA) is 101 Å². The molecule has 0 heterocycles. The number of hydrogen-bond donors (Lipinski definition) is 3. The molecule has 0 aliphatic heterocycles. The van der Waals surface area contributed by atoms with Crippen LogP contribution in [0.1, 0.15) is 13.8 Å². The number of nitrogens with one attached hydrogen (secondary N) is 2. The molecule has 19 heavy (non-hydrogen) atoms. The number of benzene rings is 1. The van der Waals surface area contributed by atoms with E-state index in [-0.39, 0.29) is 17.9 Å². The summed E-state index contributed by atoms with van der Waals surface area (Å²) in [6.45, 7) is 3.49. The first kappa shape index (κ1) is 15.5. The molecular weight excluding hydrogens is 266 g/mol. The summed E-state index contributed by atoms with van der Waals surface area (Å²) in [6, 6.07) is 6.23. The average Bonchev–Trinajstić information content (AvgIpc) is 2.25. The van der Waals surface area contributed by atoms with Gasteiger partial charge in [-0.15, -0.1) is 0 Å². The van der Waals surface area contributed by atoms with E-state index in [0.29, 0.717) is 11.4 Å². The largest absolute Gasteiger partial charge is 0.327 e. The Morgan fingerprint density at radius 2 is 1.84 bits per heavy atom. The molecule has 0 aliphatic rings. The molecule has 1 amide bonds. The zero-order chi connectivity index (χ0) is 14.6. The number of carbonyl (C=O) groups excluding carboxylic acids is 1. The number of sulfonamides is 1. The van der Waals surface area contributed by atoms with Gasteiger partial charge in [-0.25, -0.2) is 8.42 Å². The summed E-state index contributed by atoms with van der Waals surface area (Å²) in [7, 11) is -3.33. The van der Waals surface area contributed by atoms with Crippen LogP contribution in [0.15, 0.2) is 24.3 Å². The van der Waals surface area contributed by atoms with Crippen LogP contribution >= 0.6 is 0 Å². The predicted molar refractivity (Wildman–Crippen MR) is 76.4 cm³/mol. The third-order valence-electron chi connectivity index (χ3n) is 2.64. The lowest BCUT2D eigenvalue weighted by Gasteiger charge is -2.15. The van der Waals surface area contributed by atoms with Gasteiger partial charge in [0.05, 0.1) is 17.9 Å². The summed E-state index contributed by atoms with van der Waals surface area (Å²) in [5.41, 5.74) is 6.57. The molecule has 0 radical (unpaired) electrons. The minimum Gasteiger partial charge on any atom is -0.327 e. The number of hydrogen-bond acceptors (Lipinski definition) is 4. The highest BCUT2D eigenvalue weighted by atomic mass is 32.2. The van der Waals surface area contributed by atoms with Gasteiger partial charge in [0.1, 0.15) is 0 Å². The molecule has 1 rings (SSSR count). The molecule has 1 aromatic rings. The maximum atomic E-state index is 11.8. The normalized spacial score (nSPS) is 14.5. The van der Waals surface area contributed by atoms with Crippen molar-refractivity contribution in [1.29, 1.82) is 0 Å². The molecule has 0 bridgehead atoms. The van der Waals surface area contributed by atoms with Crippen molar-refractivity contribution in [3.05, 3.63) is 24.3 Å². The van der Waals surface area contributed by atoms with Crippen LogP contribution in [-0.2, 0) is 14.8 Å². The Hall–Kier alpha value is -1.60. The summed E-state index contributed by atoms with van der Waals surface area (Å²) in [5, 5.41) is 2.70. The Kier molecular flexibility index (Phi) is 4.90. The number of anilines is 2. The number of nitrogens with two attached hydrogens (primary N) is 1. The lowest BCUT2D eigenvalue weighted by atomic mass is 10.0. The van der Waals surface area contributed by atoms with Gasteiger partial charge < -0.3 is 11.1 Å². The summed E-state index contributed by atoms with van der Waals surface area (Å²) >= 11 is 0. The molecule has 0 saturated carbocycles. The highest BCUT2D eigenvalue weighted by molar-refractivity contribution is 7.92. The average molecular weight is 285 g/mol. The third-order valence-corrected chi connectivity index (χ3v) is 3.24. The van der Waals surface area contributed by atoms with Crippen molar-refractivity contribution in [2.45, 2.75) is 19.9 Å².